The number of aromatic amines is 2. The Kier molecular flexibility index (Phi) is 16.6. The molecule has 0 saturated carbocycles. The largest absolute Gasteiger partial charge is 0.396 e. The van der Waals surface area contributed by atoms with Crippen molar-refractivity contribution in [3.05, 3.63) is 150 Å². The lowest BCUT2D eigenvalue weighted by Crippen LogP contribution is -2.39. The van der Waals surface area contributed by atoms with Crippen molar-refractivity contribution in [2.24, 2.45) is 0 Å². The lowest BCUT2D eigenvalue weighted by atomic mass is 9.88. The third kappa shape index (κ3) is 12.8. The molecule has 416 valence electrons. The van der Waals surface area contributed by atoms with Gasteiger partial charge in [0.05, 0.1) is 0 Å². The monoisotopic (exact) mass is 1100 g/mol. The lowest BCUT2D eigenvalue weighted by molar-refractivity contribution is -0.133. The molecule has 0 radical (unpaired) electrons. The third-order valence-corrected chi connectivity index (χ3v) is 15.5. The zero-order chi connectivity index (χ0) is 55.5. The Labute approximate surface area is 438 Å². The number of aromatic nitrogens is 10. The van der Waals surface area contributed by atoms with Gasteiger partial charge in [-0.05, 0) is 98.6 Å². The summed E-state index contributed by atoms with van der Waals surface area (Å²) in [6, 6.07) is 10.9. The van der Waals surface area contributed by atoms with Crippen LogP contribution in [0.3, 0.4) is 0 Å². The Morgan fingerprint density at radius 2 is 0.885 bits per heavy atom. The minimum absolute atomic E-state index is 0.00299. The first kappa shape index (κ1) is 55.5. The van der Waals surface area contributed by atoms with E-state index < -0.39 is 72.1 Å². The fourth-order valence-corrected chi connectivity index (χ4v) is 11.5. The van der Waals surface area contributed by atoms with Crippen LogP contribution in [0.2, 0.25) is 0 Å². The number of piperidine rings is 2. The standard InChI is InChI=1S/2C26H27F5N6O2/c2*27-20-3-1-2-18(23(20)28)17-5-4-16(24-34-33-21(37(24)14-17)13-26(29,30)31)12-22(38)36-10-7-15(8-11-36)19-6-9-32-35-25(19)39/h2*1-3,6,9,15-17H,4-5,7-8,10-14H2,(H,35,39)/t2*16-,17+/m10/s1. The highest BCUT2D eigenvalue weighted by molar-refractivity contribution is 5.77. The van der Waals surface area contributed by atoms with Gasteiger partial charge < -0.3 is 18.9 Å². The highest BCUT2D eigenvalue weighted by atomic mass is 19.4. The van der Waals surface area contributed by atoms with Gasteiger partial charge in [0.15, 0.2) is 23.3 Å². The van der Waals surface area contributed by atoms with Gasteiger partial charge in [0.1, 0.15) is 36.1 Å². The van der Waals surface area contributed by atoms with Crippen LogP contribution in [-0.4, -0.2) is 110 Å². The predicted molar refractivity (Wildman–Crippen MR) is 258 cm³/mol. The zero-order valence-corrected chi connectivity index (χ0v) is 41.9. The van der Waals surface area contributed by atoms with E-state index in [4.69, 9.17) is 0 Å². The van der Waals surface area contributed by atoms with Gasteiger partial charge in [-0.2, -0.15) is 36.5 Å². The Morgan fingerprint density at radius 3 is 1.24 bits per heavy atom. The minimum atomic E-state index is -4.54. The van der Waals surface area contributed by atoms with E-state index in [1.165, 1.54) is 45.8 Å². The van der Waals surface area contributed by atoms with Crippen molar-refractivity contribution in [1.82, 2.24) is 59.7 Å². The summed E-state index contributed by atoms with van der Waals surface area (Å²) in [5.74, 6) is -6.90. The van der Waals surface area contributed by atoms with E-state index in [1.54, 1.807) is 21.9 Å². The summed E-state index contributed by atoms with van der Waals surface area (Å²) in [4.78, 5) is 54.1. The van der Waals surface area contributed by atoms with Gasteiger partial charge in [-0.3, -0.25) is 19.2 Å². The highest BCUT2D eigenvalue weighted by Crippen LogP contribution is 2.41. The average Bonchev–Trinajstić information content (AvgIpc) is 3.93. The summed E-state index contributed by atoms with van der Waals surface area (Å²) in [6.45, 7) is 1.62. The van der Waals surface area contributed by atoms with Crippen molar-refractivity contribution in [2.45, 2.75) is 138 Å². The maximum Gasteiger partial charge on any atom is 0.396 e. The number of likely N-dealkylation sites (tertiary alicyclic amines) is 2. The second kappa shape index (κ2) is 23.4. The maximum absolute atomic E-state index is 14.6. The normalized spacial score (nSPS) is 20.5. The number of nitrogens with one attached hydrogen (secondary N) is 2. The number of halogens is 10. The van der Waals surface area contributed by atoms with Crippen molar-refractivity contribution in [1.29, 1.82) is 0 Å². The van der Waals surface area contributed by atoms with Crippen LogP contribution in [-0.2, 0) is 35.5 Å². The third-order valence-electron chi connectivity index (χ3n) is 15.5. The molecule has 4 aliphatic rings. The minimum Gasteiger partial charge on any atom is -0.343 e. The Balaban J connectivity index is 0.000000190. The smallest absolute Gasteiger partial charge is 0.343 e. The number of H-pyrrole nitrogens is 2. The van der Waals surface area contributed by atoms with Crippen molar-refractivity contribution < 1.29 is 53.5 Å². The van der Waals surface area contributed by atoms with Gasteiger partial charge in [0, 0.05) is 99.3 Å². The van der Waals surface area contributed by atoms with Crippen LogP contribution < -0.4 is 11.1 Å². The number of carbonyl (C=O) groups excluding carboxylic acids is 2. The van der Waals surface area contributed by atoms with Gasteiger partial charge in [0.2, 0.25) is 11.8 Å². The van der Waals surface area contributed by atoms with Crippen LogP contribution in [0, 0.1) is 23.3 Å². The van der Waals surface area contributed by atoms with E-state index >= 15 is 0 Å². The molecule has 16 nitrogen and oxygen atoms in total. The molecule has 78 heavy (non-hydrogen) atoms. The Hall–Kier alpha value is -7.28. The number of rotatable bonds is 10. The molecule has 6 aromatic rings. The van der Waals surface area contributed by atoms with Gasteiger partial charge >= 0.3 is 12.4 Å². The number of hydrogen-bond donors (Lipinski definition) is 2. The molecule has 2 fully saturated rings. The maximum atomic E-state index is 14.6. The van der Waals surface area contributed by atoms with Crippen LogP contribution in [0.4, 0.5) is 43.9 Å². The summed E-state index contributed by atoms with van der Waals surface area (Å²) in [7, 11) is 0. The van der Waals surface area contributed by atoms with Crippen LogP contribution in [0.5, 0.6) is 0 Å². The first-order chi connectivity index (χ1) is 37.2. The molecule has 26 heteroatoms. The van der Waals surface area contributed by atoms with Crippen molar-refractivity contribution in [3.63, 3.8) is 0 Å². The molecule has 4 aliphatic heterocycles. The van der Waals surface area contributed by atoms with Crippen molar-refractivity contribution >= 4 is 11.8 Å². The van der Waals surface area contributed by atoms with Crippen LogP contribution >= 0.6 is 0 Å². The summed E-state index contributed by atoms with van der Waals surface area (Å²) in [5, 5.41) is 27.9. The molecule has 2 N–H and O–H groups in total. The van der Waals surface area contributed by atoms with E-state index in [9.17, 15) is 63.1 Å². The van der Waals surface area contributed by atoms with Crippen LogP contribution in [0.25, 0.3) is 0 Å². The Bertz CT molecular complexity index is 3000. The molecule has 0 aliphatic carbocycles. The predicted octanol–water partition coefficient (Wildman–Crippen LogP) is 8.40. The molecule has 2 amide bonds. The van der Waals surface area contributed by atoms with E-state index in [1.807, 2.05) is 0 Å². The lowest BCUT2D eigenvalue weighted by Gasteiger charge is -2.32. The van der Waals surface area contributed by atoms with E-state index in [-0.39, 0.29) is 95.1 Å². The van der Waals surface area contributed by atoms with E-state index in [0.29, 0.717) is 88.7 Å². The Morgan fingerprint density at radius 1 is 0.500 bits per heavy atom. The fraction of sp³-hybridized carbons (Fsp3) is 0.500. The van der Waals surface area contributed by atoms with Crippen molar-refractivity contribution in [2.75, 3.05) is 26.2 Å². The highest BCUT2D eigenvalue weighted by Gasteiger charge is 2.39. The van der Waals surface area contributed by atoms with Gasteiger partial charge in [-0.15, -0.1) is 20.4 Å². The second-order valence-electron chi connectivity index (χ2n) is 20.4. The number of nitrogens with zero attached hydrogens (tertiary/aromatic N) is 10. The summed E-state index contributed by atoms with van der Waals surface area (Å²) in [5.41, 5.74) is 0.905. The van der Waals surface area contributed by atoms with E-state index in [2.05, 4.69) is 40.8 Å². The quantitative estimate of drug-likeness (QED) is 0.126. The number of fused-ring (bicyclic) bond motifs is 2. The molecular formula is C52H54F10N12O4. The number of amides is 2. The first-order valence-corrected chi connectivity index (χ1v) is 25.7. The summed E-state index contributed by atoms with van der Waals surface area (Å²) < 4.78 is 140. The molecule has 0 unspecified atom stereocenters. The van der Waals surface area contributed by atoms with Gasteiger partial charge in [-0.25, -0.2) is 27.8 Å². The SMILES string of the molecule is O=C(C[C@@H]1CC[C@@H](c2cccc(F)c2F)Cn2c(CC(F)(F)F)nnc21)N1CCC(c2ccn[nH]c2=O)CC1.O=C(C[C@H]1CC[C@H](c2cccc(F)c2F)Cn2c(CC(F)(F)F)nnc21)N1CCC(c2ccn[nH]c2=O)CC1. The molecule has 8 heterocycles. The number of carbonyl (C=O) groups is 2. The van der Waals surface area contributed by atoms with Gasteiger partial charge in [-0.1, -0.05) is 24.3 Å². The molecule has 2 saturated heterocycles. The number of benzene rings is 2. The molecular weight excluding hydrogens is 1050 g/mol. The average molecular weight is 1100 g/mol. The van der Waals surface area contributed by atoms with Crippen LogP contribution in [0.1, 0.15) is 145 Å². The fourth-order valence-electron chi connectivity index (χ4n) is 11.5. The molecule has 4 atom stereocenters. The number of alkyl halides is 6. The summed E-state index contributed by atoms with van der Waals surface area (Å²) in [6.07, 6.45) is -4.94. The van der Waals surface area contributed by atoms with Gasteiger partial charge in [0.25, 0.3) is 11.1 Å². The zero-order valence-electron chi connectivity index (χ0n) is 41.9. The van der Waals surface area contributed by atoms with Crippen LogP contribution in [0.15, 0.2) is 70.5 Å². The number of hydrogen-bond acceptors (Lipinski definition) is 10. The second-order valence-corrected chi connectivity index (χ2v) is 20.4. The molecule has 0 bridgehead atoms. The molecule has 2 aromatic carbocycles. The molecule has 10 rings (SSSR count). The molecule has 0 spiro atoms. The first-order valence-electron chi connectivity index (χ1n) is 25.7. The molecule has 4 aromatic heterocycles. The summed E-state index contributed by atoms with van der Waals surface area (Å²) >= 11 is 0. The van der Waals surface area contributed by atoms with Crippen molar-refractivity contribution in [3.8, 4) is 0 Å². The topological polar surface area (TPSA) is 194 Å². The van der Waals surface area contributed by atoms with E-state index in [0.717, 1.165) is 12.1 Å².